The van der Waals surface area contributed by atoms with Crippen LogP contribution in [0.1, 0.15) is 12.8 Å². The summed E-state index contributed by atoms with van der Waals surface area (Å²) in [5.74, 6) is -1.04. The highest BCUT2D eigenvalue weighted by Gasteiger charge is 2.11. The van der Waals surface area contributed by atoms with Gasteiger partial charge in [-0.2, -0.15) is 0 Å². The van der Waals surface area contributed by atoms with E-state index in [1.54, 1.807) is 0 Å². The lowest BCUT2D eigenvalue weighted by molar-refractivity contribution is -0.528. The standard InChI is InChI=1S/C6H13N3O3/c1-8-9(12)4-2-3-5(7)6(10)11/h5H,2-4,7H2,1H3,(H,10,11)/t5-/m0/s1. The van der Waals surface area contributed by atoms with Crippen LogP contribution in [-0.2, 0) is 4.79 Å². The van der Waals surface area contributed by atoms with E-state index in [1.807, 2.05) is 0 Å². The molecule has 0 rings (SSSR count). The van der Waals surface area contributed by atoms with E-state index in [4.69, 9.17) is 10.8 Å². The van der Waals surface area contributed by atoms with Crippen LogP contribution >= 0.6 is 0 Å². The SMILES string of the molecule is CN=[N+]([O-])CCC[C@H](N)C(=O)O. The van der Waals surface area contributed by atoms with E-state index in [2.05, 4.69) is 5.11 Å². The van der Waals surface area contributed by atoms with Crippen LogP contribution in [0.15, 0.2) is 5.11 Å². The zero-order valence-corrected chi connectivity index (χ0v) is 6.93. The Morgan fingerprint density at radius 1 is 1.83 bits per heavy atom. The predicted octanol–water partition coefficient (Wildman–Crippen LogP) is -0.229. The second-order valence-electron chi connectivity index (χ2n) is 2.36. The molecule has 12 heavy (non-hydrogen) atoms. The molecule has 0 aliphatic carbocycles. The monoisotopic (exact) mass is 175 g/mol. The summed E-state index contributed by atoms with van der Waals surface area (Å²) in [5.41, 5.74) is 5.19. The molecule has 0 saturated carbocycles. The van der Waals surface area contributed by atoms with Crippen LogP contribution in [0, 0.1) is 5.21 Å². The molecule has 0 fully saturated rings. The summed E-state index contributed by atoms with van der Waals surface area (Å²) in [4.78, 5) is 10.7. The average Bonchev–Trinajstić information content (AvgIpc) is 2.03. The van der Waals surface area contributed by atoms with Crippen molar-refractivity contribution in [3.8, 4) is 0 Å². The number of carbonyl (C=O) groups is 1. The van der Waals surface area contributed by atoms with Crippen LogP contribution in [0.4, 0.5) is 0 Å². The molecule has 0 amide bonds. The van der Waals surface area contributed by atoms with Crippen LogP contribution in [0.5, 0.6) is 0 Å². The first-order valence-corrected chi connectivity index (χ1v) is 3.60. The third kappa shape index (κ3) is 4.62. The molecule has 0 heterocycles. The highest BCUT2D eigenvalue weighted by molar-refractivity contribution is 5.72. The number of carboxylic acids is 1. The van der Waals surface area contributed by atoms with Crippen molar-refractivity contribution >= 4 is 5.97 Å². The molecule has 6 heteroatoms. The van der Waals surface area contributed by atoms with Crippen molar-refractivity contribution in [2.45, 2.75) is 18.9 Å². The quantitative estimate of drug-likeness (QED) is 0.342. The van der Waals surface area contributed by atoms with Crippen LogP contribution in [0.25, 0.3) is 0 Å². The molecule has 0 aromatic heterocycles. The van der Waals surface area contributed by atoms with Crippen molar-refractivity contribution in [1.29, 1.82) is 0 Å². The molecule has 0 aliphatic heterocycles. The van der Waals surface area contributed by atoms with Gasteiger partial charge in [0.15, 0.2) is 6.54 Å². The van der Waals surface area contributed by atoms with Gasteiger partial charge >= 0.3 is 5.97 Å². The minimum absolute atomic E-state index is 0.192. The average molecular weight is 175 g/mol. The fourth-order valence-electron chi connectivity index (χ4n) is 0.670. The molecule has 0 aliphatic rings. The number of nitrogens with zero attached hydrogens (tertiary/aromatic N) is 2. The van der Waals surface area contributed by atoms with Crippen molar-refractivity contribution < 1.29 is 14.8 Å². The number of rotatable bonds is 5. The van der Waals surface area contributed by atoms with Crippen LogP contribution in [0.2, 0.25) is 0 Å². The third-order valence-electron chi connectivity index (χ3n) is 1.40. The summed E-state index contributed by atoms with van der Waals surface area (Å²) in [6.07, 6.45) is 0.734. The number of hydrogen-bond donors (Lipinski definition) is 2. The smallest absolute Gasteiger partial charge is 0.320 e. The Labute approximate surface area is 70.3 Å². The van der Waals surface area contributed by atoms with E-state index in [9.17, 15) is 10.0 Å². The summed E-state index contributed by atoms with van der Waals surface area (Å²) >= 11 is 0. The van der Waals surface area contributed by atoms with E-state index in [0.29, 0.717) is 17.7 Å². The predicted molar refractivity (Wildman–Crippen MR) is 41.7 cm³/mol. The second-order valence-corrected chi connectivity index (χ2v) is 2.36. The highest BCUT2D eigenvalue weighted by atomic mass is 16.5. The van der Waals surface area contributed by atoms with Gasteiger partial charge in [-0.1, -0.05) is 4.86 Å². The minimum Gasteiger partial charge on any atom is -0.600 e. The molecular formula is C6H13N3O3. The number of aliphatic carboxylic acids is 1. The van der Waals surface area contributed by atoms with Gasteiger partial charge in [0.1, 0.15) is 6.04 Å². The van der Waals surface area contributed by atoms with Gasteiger partial charge in [-0.05, 0) is 11.5 Å². The molecule has 0 spiro atoms. The first-order valence-electron chi connectivity index (χ1n) is 3.60. The molecule has 0 saturated heterocycles. The van der Waals surface area contributed by atoms with Gasteiger partial charge in [-0.3, -0.25) is 4.79 Å². The Hall–Kier alpha value is -1.17. The fraction of sp³-hybridized carbons (Fsp3) is 0.833. The van der Waals surface area contributed by atoms with Gasteiger partial charge in [0, 0.05) is 6.42 Å². The Bertz CT molecular complexity index is 181. The molecule has 0 unspecified atom stereocenters. The summed E-state index contributed by atoms with van der Waals surface area (Å²) < 4.78 is 0. The van der Waals surface area contributed by atoms with Crippen LogP contribution in [-0.4, -0.2) is 35.6 Å². The molecule has 6 nitrogen and oxygen atoms in total. The first-order chi connectivity index (χ1) is 5.57. The Kier molecular flexibility index (Phi) is 4.94. The largest absolute Gasteiger partial charge is 0.600 e. The lowest BCUT2D eigenvalue weighted by atomic mass is 10.2. The zero-order valence-electron chi connectivity index (χ0n) is 6.93. The van der Waals surface area contributed by atoms with E-state index in [0.717, 1.165) is 0 Å². The Balaban J connectivity index is 3.50. The normalized spacial score (nSPS) is 14.3. The molecule has 0 aromatic rings. The maximum absolute atomic E-state index is 10.5. The summed E-state index contributed by atoms with van der Waals surface area (Å²) in [5, 5.41) is 22.2. The Morgan fingerprint density at radius 2 is 2.42 bits per heavy atom. The highest BCUT2D eigenvalue weighted by Crippen LogP contribution is 1.94. The fourth-order valence-corrected chi connectivity index (χ4v) is 0.670. The summed E-state index contributed by atoms with van der Waals surface area (Å²) in [6.45, 7) is 0.192. The van der Waals surface area contributed by atoms with Crippen molar-refractivity contribution in [3.63, 3.8) is 0 Å². The number of hydroxylamine groups is 1. The molecule has 1 atom stereocenters. The number of nitrogens with two attached hydrogens (primary N) is 1. The zero-order chi connectivity index (χ0) is 9.56. The summed E-state index contributed by atoms with van der Waals surface area (Å²) in [6, 6.07) is -0.879. The van der Waals surface area contributed by atoms with Gasteiger partial charge in [-0.15, -0.1) is 0 Å². The molecule has 0 radical (unpaired) electrons. The third-order valence-corrected chi connectivity index (χ3v) is 1.40. The van der Waals surface area contributed by atoms with Gasteiger partial charge in [-0.25, -0.2) is 0 Å². The molecule has 70 valence electrons. The van der Waals surface area contributed by atoms with Gasteiger partial charge < -0.3 is 16.0 Å². The maximum Gasteiger partial charge on any atom is 0.320 e. The number of azo groups is 1. The van der Waals surface area contributed by atoms with E-state index in [1.165, 1.54) is 7.05 Å². The number of carboxylic acid groups (broad SMARTS) is 1. The molecule has 0 bridgehead atoms. The van der Waals surface area contributed by atoms with Gasteiger partial charge in [0.05, 0.1) is 7.05 Å². The van der Waals surface area contributed by atoms with Gasteiger partial charge in [0.2, 0.25) is 0 Å². The van der Waals surface area contributed by atoms with Crippen LogP contribution in [0.3, 0.4) is 0 Å². The van der Waals surface area contributed by atoms with E-state index in [-0.39, 0.29) is 6.54 Å². The molecule has 0 aromatic carbocycles. The maximum atomic E-state index is 10.5. The lowest BCUT2D eigenvalue weighted by Gasteiger charge is -2.04. The molecular weight excluding hydrogens is 162 g/mol. The van der Waals surface area contributed by atoms with E-state index < -0.39 is 12.0 Å². The second kappa shape index (κ2) is 5.48. The molecule has 3 N–H and O–H groups in total. The minimum atomic E-state index is -1.04. The van der Waals surface area contributed by atoms with Crippen molar-refractivity contribution in [3.05, 3.63) is 5.21 Å². The van der Waals surface area contributed by atoms with Crippen LogP contribution < -0.4 is 5.73 Å². The topological polar surface area (TPSA) is 102 Å². The first kappa shape index (κ1) is 10.8. The number of hydrogen-bond acceptors (Lipinski definition) is 4. The lowest BCUT2D eigenvalue weighted by Crippen LogP contribution is -2.30. The van der Waals surface area contributed by atoms with E-state index >= 15 is 0 Å². The summed E-state index contributed by atoms with van der Waals surface area (Å²) in [7, 11) is 1.38. The van der Waals surface area contributed by atoms with Gasteiger partial charge in [0.25, 0.3) is 0 Å². The van der Waals surface area contributed by atoms with Crippen molar-refractivity contribution in [2.24, 2.45) is 10.8 Å². The van der Waals surface area contributed by atoms with Crippen molar-refractivity contribution in [2.75, 3.05) is 13.6 Å². The van der Waals surface area contributed by atoms with Crippen molar-refractivity contribution in [1.82, 2.24) is 0 Å². The Morgan fingerprint density at radius 3 is 2.83 bits per heavy atom.